The Balaban J connectivity index is 0.000000158. The molecule has 28 nitrogen and oxygen atoms in total. The summed E-state index contributed by atoms with van der Waals surface area (Å²) in [4.78, 5) is 148. The molecule has 10 aliphatic rings. The number of unbranched alkanes of at least 4 members (excludes halogenated alkanes) is 6. The van der Waals surface area contributed by atoms with Gasteiger partial charge >= 0.3 is 35.8 Å². The SMILES string of the molecule is C.C.CNC(=O)C1C(C(=O)O)C2C(C(=O)O)C(C(=O)Nc3ccc(OCCCCCOc4ccc(C)cc4)cc3)C12.Cc1ccc(OCCCCCOc2ccc(N3C(=O)C4C(C3=O)C3C5C(=O)N(C)C(=O)C5C43)cc2)cc1.Nc1ccc(OCCCCCOc2ccc(N)cc2)cc1.O=C1OC(=O)C2C1C1C3C(=O)OC(=O)C3C21. The predicted octanol–water partition coefficient (Wildman–Crippen LogP) is 10.0. The van der Waals surface area contributed by atoms with Crippen LogP contribution in [0, 0.1) is 120 Å². The van der Waals surface area contributed by atoms with Crippen molar-refractivity contribution < 1.29 is 106 Å². The van der Waals surface area contributed by atoms with Crippen LogP contribution in [0.2, 0.25) is 0 Å². The highest BCUT2D eigenvalue weighted by Gasteiger charge is 2.81. The van der Waals surface area contributed by atoms with Gasteiger partial charge in [-0.25, -0.2) is 0 Å². The average molecular weight is 1580 g/mol. The van der Waals surface area contributed by atoms with Crippen molar-refractivity contribution in [2.45, 2.75) is 86.5 Å². The van der Waals surface area contributed by atoms with E-state index in [1.54, 1.807) is 48.5 Å². The average Bonchev–Trinajstić information content (AvgIpc) is 1.54. The molecule has 16 atom stereocenters. The molecule has 0 radical (unpaired) electrons. The maximum Gasteiger partial charge on any atom is 0.317 e. The molecule has 6 aromatic rings. The first-order chi connectivity index (χ1) is 54.4. The molecule has 6 saturated carbocycles. The lowest BCUT2D eigenvalue weighted by Crippen LogP contribution is -2.73. The van der Waals surface area contributed by atoms with E-state index in [4.69, 9.17) is 39.9 Å². The van der Waals surface area contributed by atoms with Gasteiger partial charge in [0.2, 0.25) is 35.4 Å². The zero-order chi connectivity index (χ0) is 80.1. The molecule has 0 aromatic heterocycles. The van der Waals surface area contributed by atoms with E-state index in [1.165, 1.54) is 30.1 Å². The molecule has 16 rings (SSSR count). The second-order valence-electron chi connectivity index (χ2n) is 30.3. The van der Waals surface area contributed by atoms with Crippen molar-refractivity contribution in [1.82, 2.24) is 10.2 Å². The fourth-order valence-electron chi connectivity index (χ4n) is 18.1. The fraction of sp³-hybridized carbons (Fsp3) is 0.448. The number of benzene rings is 6. The number of carboxylic acids is 2. The third-order valence-corrected chi connectivity index (χ3v) is 23.8. The van der Waals surface area contributed by atoms with E-state index in [0.29, 0.717) is 62.5 Å². The minimum absolute atomic E-state index is 0. The van der Waals surface area contributed by atoms with E-state index >= 15 is 0 Å². The fourth-order valence-corrected chi connectivity index (χ4v) is 18.1. The summed E-state index contributed by atoms with van der Waals surface area (Å²) in [6.45, 7) is 7.92. The standard InChI is InChI=1S/C29H34N2O8.C29H30N2O6.C17H22N2O2.C10H6O6.2CH4/c1-16-6-10-18(11-7-16)38-14-4-3-5-15-39-19-12-8-17(9-13-19)31-27(33)23-20-21(25(23)29(36)37)24(28(34)35)22(20)26(32)30-2;1-16-6-10-18(11-7-16)36-14-4-3-5-15-37-19-12-8-17(9-13-19)31-28(34)24-20-21(25(24)29(31)35)23-22(20)26(32)30(2)27(23)33;18-14-4-8-16(9-5-14)20-12-2-1-3-13-21-17-10-6-15(19)7-11-17;11-7-3-1-2(5(3)9(13)15-7)6-4(1)8(12)16-10(6)14;;/h6-13,20-25H,3-5,14-15H2,1-2H3,(H,30,32)(H,31,33)(H,34,35)(H,36,37);6-13,20-25H,3-5,14-15H2,1-2H3;4-11H,1-3,12-13,18-19H2;1-6H;2*1H4. The lowest BCUT2D eigenvalue weighted by atomic mass is 9.37. The van der Waals surface area contributed by atoms with Gasteiger partial charge < -0.3 is 70.2 Å². The summed E-state index contributed by atoms with van der Waals surface area (Å²) < 4.78 is 43.4. The number of aliphatic carboxylic acids is 2. The predicted molar refractivity (Wildman–Crippen MR) is 418 cm³/mol. The molecule has 6 amide bonds. The number of nitrogen functional groups attached to an aromatic ring is 2. The third kappa shape index (κ3) is 17.2. The van der Waals surface area contributed by atoms with E-state index in [2.05, 4.69) is 20.1 Å². The van der Waals surface area contributed by atoms with Crippen molar-refractivity contribution in [3.63, 3.8) is 0 Å². The van der Waals surface area contributed by atoms with E-state index < -0.39 is 130 Å². The second-order valence-corrected chi connectivity index (χ2v) is 30.3. The molecule has 6 aliphatic carbocycles. The van der Waals surface area contributed by atoms with Crippen molar-refractivity contribution >= 4 is 94.0 Å². The Labute approximate surface area is 666 Å². The zero-order valence-electron chi connectivity index (χ0n) is 63.0. The van der Waals surface area contributed by atoms with Crippen LogP contribution in [0.1, 0.15) is 83.8 Å². The van der Waals surface area contributed by atoms with Crippen molar-refractivity contribution in [2.75, 3.05) is 75.4 Å². The van der Waals surface area contributed by atoms with Gasteiger partial charge in [0.1, 0.15) is 34.5 Å². The van der Waals surface area contributed by atoms with Gasteiger partial charge in [-0.15, -0.1) is 0 Å². The number of likely N-dealkylation sites (tertiary alicyclic amines) is 1. The minimum Gasteiger partial charge on any atom is -0.494 e. The van der Waals surface area contributed by atoms with Crippen LogP contribution in [0.3, 0.4) is 0 Å². The maximum atomic E-state index is 13.2. The maximum absolute atomic E-state index is 13.2. The van der Waals surface area contributed by atoms with E-state index in [9.17, 15) is 67.7 Å². The summed E-state index contributed by atoms with van der Waals surface area (Å²) in [7, 11) is 2.88. The van der Waals surface area contributed by atoms with Gasteiger partial charge in [0.05, 0.1) is 116 Å². The van der Waals surface area contributed by atoms with Crippen molar-refractivity contribution in [3.05, 3.63) is 157 Å². The van der Waals surface area contributed by atoms with Crippen LogP contribution in [0.4, 0.5) is 22.7 Å². The molecule has 0 bridgehead atoms. The molecular weight excluding hydrogens is 1480 g/mol. The number of nitrogens with zero attached hydrogens (tertiary/aromatic N) is 2. The Morgan fingerprint density at radius 3 is 0.948 bits per heavy atom. The first-order valence-electron chi connectivity index (χ1n) is 38.5. The lowest BCUT2D eigenvalue weighted by molar-refractivity contribution is -0.221. The number of rotatable bonds is 30. The van der Waals surface area contributed by atoms with Crippen molar-refractivity contribution in [3.8, 4) is 34.5 Å². The Bertz CT molecular complexity index is 4380. The quantitative estimate of drug-likeness (QED) is 0.00802. The highest BCUT2D eigenvalue weighted by molar-refractivity contribution is 6.24. The number of imide groups is 2. The lowest BCUT2D eigenvalue weighted by Gasteiger charge is -2.63. The molecule has 4 aliphatic heterocycles. The van der Waals surface area contributed by atoms with Gasteiger partial charge in [0, 0.05) is 31.2 Å². The molecule has 115 heavy (non-hydrogen) atoms. The first kappa shape index (κ1) is 84.1. The van der Waals surface area contributed by atoms with Crippen molar-refractivity contribution in [1.29, 1.82) is 0 Å². The number of aryl methyl sites for hydroxylation is 2. The first-order valence-corrected chi connectivity index (χ1v) is 38.5. The molecule has 610 valence electrons. The molecule has 6 aromatic carbocycles. The van der Waals surface area contributed by atoms with Crippen LogP contribution in [-0.4, -0.2) is 140 Å². The number of hydrogen-bond donors (Lipinski definition) is 6. The number of carbonyl (C=O) groups excluding carboxylic acids is 10. The number of carbonyl (C=O) groups is 12. The van der Waals surface area contributed by atoms with Gasteiger partial charge in [-0.1, -0.05) is 50.2 Å². The normalized spacial score (nSPS) is 27.0. The van der Waals surface area contributed by atoms with Crippen LogP contribution in [-0.2, 0) is 67.0 Å². The van der Waals surface area contributed by atoms with Gasteiger partial charge in [-0.3, -0.25) is 67.3 Å². The molecule has 16 unspecified atom stereocenters. The number of fused-ring (bicyclic) bond motifs is 15. The topological polar surface area (TPSA) is 402 Å². The number of ether oxygens (including phenoxy) is 8. The Morgan fingerprint density at radius 2 is 0.635 bits per heavy atom. The number of amides is 6. The molecule has 4 heterocycles. The highest BCUT2D eigenvalue weighted by Crippen LogP contribution is 2.71. The number of nitrogens with one attached hydrogen (secondary N) is 2. The summed E-state index contributed by atoms with van der Waals surface area (Å²) in [5, 5.41) is 24.4. The van der Waals surface area contributed by atoms with Gasteiger partial charge in [0.15, 0.2) is 0 Å². The summed E-state index contributed by atoms with van der Waals surface area (Å²) in [6.07, 6.45) is 8.63. The number of esters is 4. The zero-order valence-corrected chi connectivity index (χ0v) is 63.0. The molecule has 4 saturated heterocycles. The molecule has 28 heteroatoms. The van der Waals surface area contributed by atoms with Crippen LogP contribution >= 0.6 is 0 Å². The number of cyclic esters (lactones) is 4. The molecule has 0 spiro atoms. The number of carboxylic acid groups (broad SMARTS) is 2. The number of anilines is 4. The van der Waals surface area contributed by atoms with Gasteiger partial charge in [-0.05, 0) is 228 Å². The molecular formula is C87H100N6O22. The molecule has 10 fully saturated rings. The number of hydrogen-bond acceptors (Lipinski definition) is 22. The minimum atomic E-state index is -1.23. The Morgan fingerprint density at radius 1 is 0.365 bits per heavy atom. The summed E-state index contributed by atoms with van der Waals surface area (Å²) in [6, 6.07) is 44.6. The monoisotopic (exact) mass is 1580 g/mol. The van der Waals surface area contributed by atoms with E-state index in [-0.39, 0.29) is 62.2 Å². The van der Waals surface area contributed by atoms with Crippen LogP contribution in [0.25, 0.3) is 0 Å². The van der Waals surface area contributed by atoms with Crippen LogP contribution < -0.4 is 55.4 Å². The Hall–Kier alpha value is -11.8. The molecule has 8 N–H and O–H groups in total. The summed E-state index contributed by atoms with van der Waals surface area (Å²) in [5.41, 5.74) is 16.1. The van der Waals surface area contributed by atoms with Gasteiger partial charge in [0.25, 0.3) is 0 Å². The van der Waals surface area contributed by atoms with E-state index in [0.717, 1.165) is 97.1 Å². The highest BCUT2D eigenvalue weighted by atomic mass is 16.6. The third-order valence-electron chi connectivity index (χ3n) is 23.8. The smallest absolute Gasteiger partial charge is 0.317 e. The Kier molecular flexibility index (Phi) is 26.7. The summed E-state index contributed by atoms with van der Waals surface area (Å²) >= 11 is 0. The summed E-state index contributed by atoms with van der Waals surface area (Å²) in [5.74, 6) is -12.2. The second kappa shape index (κ2) is 36.5. The van der Waals surface area contributed by atoms with E-state index in [1.807, 2.05) is 111 Å². The van der Waals surface area contributed by atoms with Crippen LogP contribution in [0.15, 0.2) is 146 Å². The van der Waals surface area contributed by atoms with Crippen LogP contribution in [0.5, 0.6) is 34.5 Å². The van der Waals surface area contributed by atoms with Gasteiger partial charge in [-0.2, -0.15) is 0 Å². The largest absolute Gasteiger partial charge is 0.494 e. The number of nitrogens with two attached hydrogens (primary N) is 2. The van der Waals surface area contributed by atoms with Crippen molar-refractivity contribution in [2.24, 2.45) is 107 Å².